The summed E-state index contributed by atoms with van der Waals surface area (Å²) < 4.78 is 4.09. The Morgan fingerprint density at radius 3 is 2.41 bits per heavy atom. The fourth-order valence-corrected chi connectivity index (χ4v) is 8.24. The zero-order valence-electron chi connectivity index (χ0n) is 28.8. The summed E-state index contributed by atoms with van der Waals surface area (Å²) in [5.74, 6) is -0.553. The topological polar surface area (TPSA) is 109 Å². The molecule has 1 N–H and O–H groups in total. The van der Waals surface area contributed by atoms with Crippen LogP contribution in [0, 0.1) is 12.3 Å². The van der Waals surface area contributed by atoms with E-state index in [9.17, 15) is 14.4 Å². The van der Waals surface area contributed by atoms with Gasteiger partial charge in [0.15, 0.2) is 0 Å². The number of rotatable bonds is 7. The molecule has 3 aliphatic rings. The first-order valence-electron chi connectivity index (χ1n) is 17.2. The van der Waals surface area contributed by atoms with Crippen molar-refractivity contribution in [3.63, 3.8) is 0 Å². The summed E-state index contributed by atoms with van der Waals surface area (Å²) in [6.45, 7) is 8.73. The van der Waals surface area contributed by atoms with Crippen molar-refractivity contribution in [1.82, 2.24) is 34.4 Å². The quantitative estimate of drug-likeness (QED) is 0.253. The molecular weight excluding hydrogens is 708 g/mol. The van der Waals surface area contributed by atoms with Crippen LogP contribution in [0.4, 0.5) is 5.69 Å². The maximum atomic E-state index is 14.4. The minimum Gasteiger partial charge on any atom is -0.370 e. The Hall–Kier alpha value is -5.07. The molecule has 3 aromatic carbocycles. The largest absolute Gasteiger partial charge is 0.370 e. The van der Waals surface area contributed by atoms with E-state index in [2.05, 4.69) is 48.3 Å². The van der Waals surface area contributed by atoms with Gasteiger partial charge in [0, 0.05) is 78.2 Å². The molecule has 5 heterocycles. The van der Waals surface area contributed by atoms with Crippen LogP contribution < -0.4 is 15.9 Å². The predicted octanol–water partition coefficient (Wildman–Crippen LogP) is 4.89. The summed E-state index contributed by atoms with van der Waals surface area (Å²) >= 11 is 3.53. The van der Waals surface area contributed by atoms with Gasteiger partial charge in [-0.3, -0.25) is 18.7 Å². The van der Waals surface area contributed by atoms with Crippen molar-refractivity contribution >= 4 is 33.4 Å². The van der Waals surface area contributed by atoms with Crippen LogP contribution in [0.5, 0.6) is 0 Å². The molecule has 0 saturated carbocycles. The first-order valence-corrected chi connectivity index (χ1v) is 18.0. The van der Waals surface area contributed by atoms with Crippen LogP contribution in [0.25, 0.3) is 16.9 Å². The van der Waals surface area contributed by atoms with Crippen molar-refractivity contribution < 1.29 is 9.59 Å². The zero-order valence-corrected chi connectivity index (χ0v) is 30.4. The van der Waals surface area contributed by atoms with Crippen LogP contribution in [-0.2, 0) is 19.6 Å². The number of carbonyl (C=O) groups is 2. The number of nitrogens with zero attached hydrogens (tertiary/aromatic N) is 7. The van der Waals surface area contributed by atoms with E-state index in [4.69, 9.17) is 0 Å². The lowest BCUT2D eigenvalue weighted by atomic mass is 9.73. The first kappa shape index (κ1) is 33.1. The molecule has 2 fully saturated rings. The summed E-state index contributed by atoms with van der Waals surface area (Å²) in [6.07, 6.45) is 1.62. The van der Waals surface area contributed by atoms with Gasteiger partial charge in [0.05, 0.1) is 23.6 Å². The highest BCUT2D eigenvalue weighted by molar-refractivity contribution is 9.10. The summed E-state index contributed by atoms with van der Waals surface area (Å²) in [4.78, 5) is 49.1. The number of aromatic nitrogens is 4. The Morgan fingerprint density at radius 1 is 0.961 bits per heavy atom. The number of likely N-dealkylation sites (tertiary alicyclic amines) is 1. The number of anilines is 1. The molecule has 0 bridgehead atoms. The first-order chi connectivity index (χ1) is 24.6. The van der Waals surface area contributed by atoms with E-state index in [1.807, 2.05) is 86.6 Å². The van der Waals surface area contributed by atoms with E-state index in [0.717, 1.165) is 53.0 Å². The molecule has 8 rings (SSSR count). The van der Waals surface area contributed by atoms with Gasteiger partial charge in [-0.05, 0) is 86.6 Å². The highest BCUT2D eigenvalue weighted by atomic mass is 79.9. The Labute approximate surface area is 304 Å². The van der Waals surface area contributed by atoms with Gasteiger partial charge in [-0.15, -0.1) is 0 Å². The smallest absolute Gasteiger partial charge is 0.333 e. The third-order valence-electron chi connectivity index (χ3n) is 10.5. The molecule has 51 heavy (non-hydrogen) atoms. The second-order valence-electron chi connectivity index (χ2n) is 14.3. The van der Waals surface area contributed by atoms with Crippen LogP contribution in [-0.4, -0.2) is 80.2 Å². The van der Waals surface area contributed by atoms with Crippen LogP contribution in [0.2, 0.25) is 0 Å². The van der Waals surface area contributed by atoms with E-state index < -0.39 is 5.91 Å². The fourth-order valence-electron chi connectivity index (χ4n) is 7.99. The van der Waals surface area contributed by atoms with E-state index in [-0.39, 0.29) is 43.0 Å². The lowest BCUT2D eigenvalue weighted by Gasteiger charge is -2.60. The molecule has 2 saturated heterocycles. The van der Waals surface area contributed by atoms with Crippen LogP contribution in [0.1, 0.15) is 44.6 Å². The third-order valence-corrected chi connectivity index (χ3v) is 11.4. The van der Waals surface area contributed by atoms with Crippen molar-refractivity contribution in [3.8, 4) is 16.9 Å². The number of halogens is 1. The average molecular weight is 748 g/mol. The lowest BCUT2D eigenvalue weighted by molar-refractivity contribution is -0.00238. The summed E-state index contributed by atoms with van der Waals surface area (Å²) in [7, 11) is 2.15. The number of carbonyl (C=O) groups excluding carboxylic acids is 2. The second-order valence-corrected chi connectivity index (χ2v) is 15.1. The van der Waals surface area contributed by atoms with Crippen LogP contribution in [0.15, 0.2) is 94.3 Å². The third kappa shape index (κ3) is 5.95. The molecule has 2 aromatic heterocycles. The molecule has 1 spiro atoms. The van der Waals surface area contributed by atoms with Crippen molar-refractivity contribution in [2.24, 2.45) is 5.41 Å². The van der Waals surface area contributed by atoms with Crippen molar-refractivity contribution in [2.75, 3.05) is 38.1 Å². The van der Waals surface area contributed by atoms with Gasteiger partial charge in [-0.2, -0.15) is 10.2 Å². The maximum absolute atomic E-state index is 14.4. The number of hydrogen-bond acceptors (Lipinski definition) is 7. The molecule has 5 aromatic rings. The Balaban J connectivity index is 1.14. The molecule has 0 radical (unpaired) electrons. The number of hydrogen-bond donors (Lipinski definition) is 1. The van der Waals surface area contributed by atoms with E-state index >= 15 is 0 Å². The minimum absolute atomic E-state index is 0.110. The predicted molar refractivity (Wildman–Crippen MR) is 199 cm³/mol. The molecule has 1 atom stereocenters. The van der Waals surface area contributed by atoms with Crippen molar-refractivity contribution in [1.29, 1.82) is 0 Å². The van der Waals surface area contributed by atoms with E-state index in [1.165, 1.54) is 4.57 Å². The SMILES string of the molecule is Cc1cc(C(=O)N2Cc3c(C(=O)NCc4ccccc4-c4cccnn4)n(-c4ccc(N5CC6(CN(C)C6)C5)cc4)c(=O)n3C[C@H]2C)ccc1Br. The minimum atomic E-state index is -0.404. The number of benzene rings is 3. The maximum Gasteiger partial charge on any atom is 0.333 e. The van der Waals surface area contributed by atoms with Gasteiger partial charge in [-0.25, -0.2) is 4.79 Å². The molecule has 260 valence electrons. The number of fused-ring (bicyclic) bond motifs is 1. The van der Waals surface area contributed by atoms with Gasteiger partial charge in [0.25, 0.3) is 11.8 Å². The molecule has 12 heteroatoms. The Morgan fingerprint density at radius 2 is 1.71 bits per heavy atom. The summed E-state index contributed by atoms with van der Waals surface area (Å²) in [5.41, 5.74) is 6.43. The van der Waals surface area contributed by atoms with Gasteiger partial charge in [-0.1, -0.05) is 40.2 Å². The van der Waals surface area contributed by atoms with Gasteiger partial charge < -0.3 is 20.0 Å². The monoisotopic (exact) mass is 746 g/mol. The molecule has 3 aliphatic heterocycles. The number of nitrogens with one attached hydrogen (secondary N) is 1. The van der Waals surface area contributed by atoms with Crippen molar-refractivity contribution in [2.45, 2.75) is 39.5 Å². The molecule has 0 unspecified atom stereocenters. The number of amides is 2. The molecule has 11 nitrogen and oxygen atoms in total. The van der Waals surface area contributed by atoms with E-state index in [1.54, 1.807) is 21.7 Å². The van der Waals surface area contributed by atoms with E-state index in [0.29, 0.717) is 28.1 Å². The average Bonchev–Trinajstić information content (AvgIpc) is 3.40. The van der Waals surface area contributed by atoms with Crippen LogP contribution >= 0.6 is 15.9 Å². The molecule has 0 aliphatic carbocycles. The second kappa shape index (κ2) is 12.9. The number of imidazole rings is 1. The highest BCUT2D eigenvalue weighted by Gasteiger charge is 2.50. The Kier molecular flexibility index (Phi) is 8.38. The summed E-state index contributed by atoms with van der Waals surface area (Å²) in [6, 6.07) is 24.6. The zero-order chi connectivity index (χ0) is 35.4. The van der Waals surface area contributed by atoms with Gasteiger partial charge in [0.2, 0.25) is 0 Å². The Bertz CT molecular complexity index is 2200. The summed E-state index contributed by atoms with van der Waals surface area (Å²) in [5, 5.41) is 11.4. The van der Waals surface area contributed by atoms with Crippen molar-refractivity contribution in [3.05, 3.63) is 128 Å². The fraction of sp³-hybridized carbons (Fsp3) is 0.308. The highest BCUT2D eigenvalue weighted by Crippen LogP contribution is 2.41. The standard InChI is InChI=1S/C39H39BrN8O3/c1-25-17-27(10-15-32(25)40)37(50)46-20-34-35(36(49)41-18-28-7-4-5-8-31(28)33-9-6-16-42-43-33)48(38(51)47(34)19-26(46)2)30-13-11-29(12-14-30)45-23-39(24-45)21-44(3)22-39/h4-17,26H,18-24H2,1-3H3,(H,41,49)/t26-/m1/s1. The molecular formula is C39H39BrN8O3. The molecule has 2 amide bonds. The normalized spacial score (nSPS) is 17.8. The van der Waals surface area contributed by atoms with Crippen LogP contribution in [0.3, 0.4) is 0 Å². The number of aryl methyl sites for hydroxylation is 1. The van der Waals surface area contributed by atoms with Gasteiger partial charge >= 0.3 is 5.69 Å². The van der Waals surface area contributed by atoms with Gasteiger partial charge in [0.1, 0.15) is 5.69 Å². The lowest BCUT2D eigenvalue weighted by Crippen LogP contribution is -2.71.